The summed E-state index contributed by atoms with van der Waals surface area (Å²) in [4.78, 5) is 0. The third-order valence-corrected chi connectivity index (χ3v) is 4.61. The maximum atomic E-state index is 13.2. The van der Waals surface area contributed by atoms with Gasteiger partial charge in [0.15, 0.2) is 11.6 Å². The standard InChI is InChI=1S/C12H11F2N/c13-9-1-7-3-11-4-12(11,6-15-5-11)8(7)2-10(9)14/h1-2,15H,3-6H2. The summed E-state index contributed by atoms with van der Waals surface area (Å²) < 4.78 is 26.3. The van der Waals surface area contributed by atoms with E-state index in [1.54, 1.807) is 0 Å². The summed E-state index contributed by atoms with van der Waals surface area (Å²) >= 11 is 0. The summed E-state index contributed by atoms with van der Waals surface area (Å²) in [6, 6.07) is 2.82. The molecule has 4 rings (SSSR count). The molecule has 1 saturated carbocycles. The lowest BCUT2D eigenvalue weighted by atomic mass is 9.95. The lowest BCUT2D eigenvalue weighted by molar-refractivity contribution is 0.501. The van der Waals surface area contributed by atoms with E-state index in [1.807, 2.05) is 0 Å². The van der Waals surface area contributed by atoms with Gasteiger partial charge in [0.2, 0.25) is 0 Å². The smallest absolute Gasteiger partial charge is 0.159 e. The van der Waals surface area contributed by atoms with E-state index >= 15 is 0 Å². The minimum atomic E-state index is -0.700. The molecule has 0 spiro atoms. The summed E-state index contributed by atoms with van der Waals surface area (Å²) in [6.45, 7) is 1.94. The van der Waals surface area contributed by atoms with Crippen molar-refractivity contribution in [1.29, 1.82) is 0 Å². The molecule has 0 bridgehead atoms. The molecule has 3 heteroatoms. The fourth-order valence-electron chi connectivity index (χ4n) is 3.84. The van der Waals surface area contributed by atoms with Gasteiger partial charge in [0.25, 0.3) is 0 Å². The molecule has 2 unspecified atom stereocenters. The van der Waals surface area contributed by atoms with Gasteiger partial charge in [0, 0.05) is 18.5 Å². The fourth-order valence-corrected chi connectivity index (χ4v) is 3.84. The zero-order chi connectivity index (χ0) is 10.3. The predicted octanol–water partition coefficient (Wildman–Crippen LogP) is 1.75. The molecule has 15 heavy (non-hydrogen) atoms. The predicted molar refractivity (Wildman–Crippen MR) is 51.7 cm³/mol. The second-order valence-electron chi connectivity index (χ2n) is 5.24. The fraction of sp³-hybridized carbons (Fsp3) is 0.500. The Morgan fingerprint density at radius 2 is 1.93 bits per heavy atom. The molecule has 2 aliphatic carbocycles. The average Bonchev–Trinajstić information content (AvgIpc) is 2.59. The SMILES string of the molecule is Fc1cc2c(cc1F)C13CNCC1(C2)C3. The first kappa shape index (κ1) is 8.22. The zero-order valence-electron chi connectivity index (χ0n) is 8.24. The van der Waals surface area contributed by atoms with E-state index in [4.69, 9.17) is 0 Å². The summed E-state index contributed by atoms with van der Waals surface area (Å²) in [5, 5.41) is 3.36. The van der Waals surface area contributed by atoms with Crippen molar-refractivity contribution in [2.45, 2.75) is 18.3 Å². The number of fused-ring (bicyclic) bond motifs is 1. The van der Waals surface area contributed by atoms with Gasteiger partial charge in [0.05, 0.1) is 0 Å². The molecule has 1 heterocycles. The third kappa shape index (κ3) is 0.718. The quantitative estimate of drug-likeness (QED) is 0.683. The van der Waals surface area contributed by atoms with Gasteiger partial charge in [-0.3, -0.25) is 0 Å². The van der Waals surface area contributed by atoms with E-state index in [9.17, 15) is 8.78 Å². The number of piperidine rings is 1. The largest absolute Gasteiger partial charge is 0.315 e. The van der Waals surface area contributed by atoms with E-state index in [-0.39, 0.29) is 5.41 Å². The highest BCUT2D eigenvalue weighted by Crippen LogP contribution is 2.72. The van der Waals surface area contributed by atoms with Crippen LogP contribution in [0.3, 0.4) is 0 Å². The first-order valence-corrected chi connectivity index (χ1v) is 5.36. The Morgan fingerprint density at radius 1 is 1.13 bits per heavy atom. The van der Waals surface area contributed by atoms with Crippen molar-refractivity contribution in [2.24, 2.45) is 5.41 Å². The molecular formula is C12H11F2N. The molecule has 1 aromatic rings. The van der Waals surface area contributed by atoms with Crippen LogP contribution in [-0.4, -0.2) is 13.1 Å². The Balaban J connectivity index is 1.96. The number of rotatable bonds is 0. The highest BCUT2D eigenvalue weighted by Gasteiger charge is 2.74. The van der Waals surface area contributed by atoms with E-state index in [0.29, 0.717) is 5.41 Å². The van der Waals surface area contributed by atoms with Crippen molar-refractivity contribution >= 4 is 0 Å². The molecule has 1 saturated heterocycles. The van der Waals surface area contributed by atoms with Crippen LogP contribution in [0.5, 0.6) is 0 Å². The Bertz CT molecular complexity index is 481. The summed E-state index contributed by atoms with van der Waals surface area (Å²) in [6.07, 6.45) is 2.08. The number of nitrogens with one attached hydrogen (secondary N) is 1. The van der Waals surface area contributed by atoms with Crippen molar-refractivity contribution < 1.29 is 8.78 Å². The Kier molecular flexibility index (Phi) is 1.15. The Hall–Kier alpha value is -0.960. The molecule has 3 aliphatic rings. The van der Waals surface area contributed by atoms with Gasteiger partial charge in [-0.05, 0) is 41.5 Å². The van der Waals surface area contributed by atoms with E-state index in [2.05, 4.69) is 5.32 Å². The summed E-state index contributed by atoms with van der Waals surface area (Å²) in [7, 11) is 0. The third-order valence-electron chi connectivity index (χ3n) is 4.61. The van der Waals surface area contributed by atoms with Gasteiger partial charge in [-0.2, -0.15) is 0 Å². The normalized spacial score (nSPS) is 39.9. The summed E-state index contributed by atoms with van der Waals surface area (Å²) in [5.41, 5.74) is 2.54. The molecular weight excluding hydrogens is 196 g/mol. The molecule has 0 aromatic heterocycles. The minimum absolute atomic E-state index is 0.150. The molecule has 2 fully saturated rings. The molecule has 1 aromatic carbocycles. The van der Waals surface area contributed by atoms with Gasteiger partial charge < -0.3 is 5.32 Å². The number of hydrogen-bond acceptors (Lipinski definition) is 1. The van der Waals surface area contributed by atoms with Crippen LogP contribution in [0.2, 0.25) is 0 Å². The molecule has 2 atom stereocenters. The molecule has 1 nitrogen and oxygen atoms in total. The lowest BCUT2D eigenvalue weighted by Gasteiger charge is -2.13. The van der Waals surface area contributed by atoms with E-state index in [0.717, 1.165) is 37.1 Å². The van der Waals surface area contributed by atoms with Gasteiger partial charge in [-0.15, -0.1) is 0 Å². The number of hydrogen-bond donors (Lipinski definition) is 1. The van der Waals surface area contributed by atoms with Crippen LogP contribution in [0.1, 0.15) is 17.5 Å². The van der Waals surface area contributed by atoms with Crippen LogP contribution in [0, 0.1) is 17.0 Å². The van der Waals surface area contributed by atoms with E-state index < -0.39 is 11.6 Å². The number of halogens is 2. The summed E-state index contributed by atoms with van der Waals surface area (Å²) in [5.74, 6) is -1.40. The monoisotopic (exact) mass is 207 g/mol. The molecule has 1 aliphatic heterocycles. The van der Waals surface area contributed by atoms with Gasteiger partial charge in [0.1, 0.15) is 0 Å². The Labute approximate surface area is 86.5 Å². The first-order chi connectivity index (χ1) is 7.17. The number of benzene rings is 1. The van der Waals surface area contributed by atoms with Crippen LogP contribution >= 0.6 is 0 Å². The topological polar surface area (TPSA) is 12.0 Å². The molecule has 1 N–H and O–H groups in total. The van der Waals surface area contributed by atoms with Gasteiger partial charge in [-0.25, -0.2) is 8.78 Å². The van der Waals surface area contributed by atoms with E-state index in [1.165, 1.54) is 12.1 Å². The lowest BCUT2D eigenvalue weighted by Crippen LogP contribution is -2.21. The first-order valence-electron chi connectivity index (χ1n) is 5.36. The highest BCUT2D eigenvalue weighted by molar-refractivity contribution is 5.54. The van der Waals surface area contributed by atoms with Crippen molar-refractivity contribution in [3.63, 3.8) is 0 Å². The van der Waals surface area contributed by atoms with Crippen LogP contribution in [0.15, 0.2) is 12.1 Å². The van der Waals surface area contributed by atoms with Gasteiger partial charge >= 0.3 is 0 Å². The van der Waals surface area contributed by atoms with Crippen molar-refractivity contribution in [1.82, 2.24) is 5.32 Å². The maximum Gasteiger partial charge on any atom is 0.159 e. The average molecular weight is 207 g/mol. The van der Waals surface area contributed by atoms with Crippen LogP contribution in [0.25, 0.3) is 0 Å². The Morgan fingerprint density at radius 3 is 2.80 bits per heavy atom. The highest BCUT2D eigenvalue weighted by atomic mass is 19.2. The van der Waals surface area contributed by atoms with Gasteiger partial charge in [-0.1, -0.05) is 0 Å². The second-order valence-corrected chi connectivity index (χ2v) is 5.24. The molecule has 0 amide bonds. The zero-order valence-corrected chi connectivity index (χ0v) is 8.24. The molecule has 78 valence electrons. The molecule has 0 radical (unpaired) electrons. The minimum Gasteiger partial charge on any atom is -0.315 e. The van der Waals surface area contributed by atoms with Crippen molar-refractivity contribution in [2.75, 3.05) is 13.1 Å². The van der Waals surface area contributed by atoms with Crippen LogP contribution in [0.4, 0.5) is 8.78 Å². The van der Waals surface area contributed by atoms with Crippen LogP contribution in [-0.2, 0) is 11.8 Å². The second kappa shape index (κ2) is 2.09. The van der Waals surface area contributed by atoms with Crippen molar-refractivity contribution in [3.8, 4) is 0 Å². The maximum absolute atomic E-state index is 13.2. The van der Waals surface area contributed by atoms with Crippen molar-refractivity contribution in [3.05, 3.63) is 34.9 Å². The van der Waals surface area contributed by atoms with Crippen LogP contribution < -0.4 is 5.32 Å².